The molecule has 4 heterocycles. The van der Waals surface area contributed by atoms with Crippen LogP contribution in [0.4, 0.5) is 10.5 Å². The number of alkyl carbamates (subject to hydrolysis) is 1. The summed E-state index contributed by atoms with van der Waals surface area (Å²) < 4.78 is 15.2. The van der Waals surface area contributed by atoms with Gasteiger partial charge in [0.15, 0.2) is 5.65 Å². The summed E-state index contributed by atoms with van der Waals surface area (Å²) in [5.41, 5.74) is 7.74. The summed E-state index contributed by atoms with van der Waals surface area (Å²) >= 11 is 0. The third-order valence-electron chi connectivity index (χ3n) is 10.5. The number of nitrogens with zero attached hydrogens (tertiary/aromatic N) is 6. The van der Waals surface area contributed by atoms with Crippen molar-refractivity contribution in [3.05, 3.63) is 64.7 Å². The van der Waals surface area contributed by atoms with Crippen LogP contribution in [0.1, 0.15) is 87.5 Å². The fourth-order valence-corrected chi connectivity index (χ4v) is 7.96. The molecule has 3 aliphatic carbocycles. The van der Waals surface area contributed by atoms with Crippen LogP contribution in [0.2, 0.25) is 0 Å². The average molecular weight is 626 g/mol. The van der Waals surface area contributed by atoms with E-state index >= 15 is 0 Å². The number of anilines is 1. The first-order valence-corrected chi connectivity index (χ1v) is 16.7. The monoisotopic (exact) mass is 625 g/mol. The van der Waals surface area contributed by atoms with Crippen LogP contribution >= 0.6 is 0 Å². The van der Waals surface area contributed by atoms with Crippen molar-refractivity contribution in [2.24, 2.45) is 5.41 Å². The highest BCUT2D eigenvalue weighted by Gasteiger charge is 2.50. The Kier molecular flexibility index (Phi) is 7.52. The maximum absolute atomic E-state index is 12.6. The number of aromatic nitrogens is 5. The molecule has 0 saturated heterocycles. The summed E-state index contributed by atoms with van der Waals surface area (Å²) in [5.74, 6) is 0.847. The molecule has 0 atom stereocenters. The molecule has 0 radical (unpaired) electrons. The highest BCUT2D eigenvalue weighted by Crippen LogP contribution is 2.53. The van der Waals surface area contributed by atoms with Gasteiger partial charge < -0.3 is 19.7 Å². The highest BCUT2D eigenvalue weighted by atomic mass is 16.6. The topological polar surface area (TPSA) is 99.3 Å². The van der Waals surface area contributed by atoms with Gasteiger partial charge in [0.05, 0.1) is 36.6 Å². The maximum Gasteiger partial charge on any atom is 0.408 e. The van der Waals surface area contributed by atoms with Crippen molar-refractivity contribution in [3.8, 4) is 5.75 Å². The second kappa shape index (κ2) is 11.3. The summed E-state index contributed by atoms with van der Waals surface area (Å²) in [7, 11) is 1.68. The average Bonchev–Trinajstić information content (AvgIpc) is 3.56. The lowest BCUT2D eigenvalue weighted by Crippen LogP contribution is -2.58. The molecule has 3 aromatic heterocycles. The lowest BCUT2D eigenvalue weighted by Gasteiger charge is -2.53. The third-order valence-corrected chi connectivity index (χ3v) is 10.5. The zero-order chi connectivity index (χ0) is 32.3. The van der Waals surface area contributed by atoms with Crippen molar-refractivity contribution < 1.29 is 14.3 Å². The van der Waals surface area contributed by atoms with E-state index in [4.69, 9.17) is 24.7 Å². The molecule has 10 heteroatoms. The molecule has 4 aromatic rings. The van der Waals surface area contributed by atoms with E-state index < -0.39 is 5.60 Å². The van der Waals surface area contributed by atoms with E-state index in [1.807, 2.05) is 43.8 Å². The zero-order valence-electron chi connectivity index (χ0n) is 28.2. The number of carbonyl (C=O) groups excluding carboxylic acids is 1. The number of hydrogen-bond acceptors (Lipinski definition) is 7. The smallest absolute Gasteiger partial charge is 0.408 e. The molecular weight excluding hydrogens is 578 g/mol. The van der Waals surface area contributed by atoms with Crippen LogP contribution in [0.25, 0.3) is 11.0 Å². The maximum atomic E-state index is 12.6. The van der Waals surface area contributed by atoms with Crippen LogP contribution in [0.15, 0.2) is 36.5 Å². The van der Waals surface area contributed by atoms with Crippen molar-refractivity contribution in [2.75, 3.05) is 18.6 Å². The quantitative estimate of drug-likeness (QED) is 0.251. The van der Waals surface area contributed by atoms with E-state index in [2.05, 4.69) is 46.9 Å². The second-order valence-electron chi connectivity index (χ2n) is 14.9. The van der Waals surface area contributed by atoms with E-state index in [0.29, 0.717) is 6.54 Å². The molecule has 3 fully saturated rings. The first kappa shape index (κ1) is 30.6. The van der Waals surface area contributed by atoms with E-state index in [1.165, 1.54) is 16.9 Å². The minimum Gasteiger partial charge on any atom is -0.497 e. The lowest BCUT2D eigenvalue weighted by atomic mass is 9.57. The van der Waals surface area contributed by atoms with Gasteiger partial charge in [0.25, 0.3) is 0 Å². The summed E-state index contributed by atoms with van der Waals surface area (Å²) in [4.78, 5) is 20.0. The zero-order valence-corrected chi connectivity index (χ0v) is 28.2. The Bertz CT molecular complexity index is 1740. The Balaban J connectivity index is 1.06. The largest absolute Gasteiger partial charge is 0.497 e. The summed E-state index contributed by atoms with van der Waals surface area (Å²) in [5, 5.41) is 14.2. The summed E-state index contributed by atoms with van der Waals surface area (Å²) in [6, 6.07) is 10.3. The normalized spacial score (nSPS) is 22.6. The van der Waals surface area contributed by atoms with E-state index in [0.717, 1.165) is 98.3 Å². The highest BCUT2D eigenvalue weighted by molar-refractivity contribution is 5.90. The molecule has 1 aromatic carbocycles. The predicted molar refractivity (Wildman–Crippen MR) is 178 cm³/mol. The first-order valence-electron chi connectivity index (χ1n) is 16.7. The van der Waals surface area contributed by atoms with Gasteiger partial charge in [0, 0.05) is 48.5 Å². The molecular formula is C36H47N7O3. The number of carbonyl (C=O) groups is 1. The van der Waals surface area contributed by atoms with Crippen LogP contribution in [0.5, 0.6) is 5.75 Å². The van der Waals surface area contributed by atoms with E-state index in [-0.39, 0.29) is 17.0 Å². The molecule has 2 bridgehead atoms. The number of methoxy groups -OCH3 is 1. The van der Waals surface area contributed by atoms with Crippen LogP contribution in [0.3, 0.4) is 0 Å². The van der Waals surface area contributed by atoms with Gasteiger partial charge in [-0.2, -0.15) is 10.2 Å². The van der Waals surface area contributed by atoms with Gasteiger partial charge in [-0.15, -0.1) is 0 Å². The molecule has 46 heavy (non-hydrogen) atoms. The van der Waals surface area contributed by atoms with Gasteiger partial charge >= 0.3 is 6.09 Å². The van der Waals surface area contributed by atoms with Gasteiger partial charge in [-0.3, -0.25) is 4.68 Å². The SMILES string of the molecule is COc1ccc(Cn2ncc3c(N4CCc5c(c(C)nn5CC56CCC(NC(=O)OC(C)(C)C)(CC5)CC6)C4)cc(C)nc32)cc1. The van der Waals surface area contributed by atoms with E-state index in [1.54, 1.807) is 7.11 Å². The second-order valence-corrected chi connectivity index (χ2v) is 14.9. The minimum absolute atomic E-state index is 0.125. The number of aryl methyl sites for hydroxylation is 2. The third kappa shape index (κ3) is 5.82. The number of rotatable bonds is 7. The molecule has 8 rings (SSSR count). The molecule has 1 amide bonds. The number of hydrogen-bond donors (Lipinski definition) is 1. The van der Waals surface area contributed by atoms with Crippen molar-refractivity contribution in [1.29, 1.82) is 0 Å². The molecule has 1 N–H and O–H groups in total. The van der Waals surface area contributed by atoms with Gasteiger partial charge in [0.2, 0.25) is 0 Å². The van der Waals surface area contributed by atoms with Gasteiger partial charge in [-0.1, -0.05) is 12.1 Å². The fraction of sp³-hybridized carbons (Fsp3) is 0.556. The molecule has 1 aliphatic heterocycles. The first-order chi connectivity index (χ1) is 21.9. The molecule has 10 nitrogen and oxygen atoms in total. The molecule has 4 aliphatic rings. The summed E-state index contributed by atoms with van der Waals surface area (Å²) in [6.07, 6.45) is 8.99. The molecule has 244 valence electrons. The van der Waals surface area contributed by atoms with Gasteiger partial charge in [-0.05, 0) is 102 Å². The standard InChI is InChI=1S/C36H47N7O3/c1-24-19-31(28-20-37-42(32(28)38-24)21-26-7-9-27(45-6)10-8-26)41-18-11-30-29(22-41)25(2)40-43(30)23-35-12-15-36(16-13-35,17-14-35)39-33(44)46-34(3,4)5/h7-10,19-20H,11-18,21-23H2,1-6H3,(H,39,44). The Morgan fingerprint density at radius 3 is 2.41 bits per heavy atom. The number of fused-ring (bicyclic) bond motifs is 5. The summed E-state index contributed by atoms with van der Waals surface area (Å²) in [6.45, 7) is 13.4. The molecule has 0 unspecified atom stereocenters. The molecule has 3 saturated carbocycles. The predicted octanol–water partition coefficient (Wildman–Crippen LogP) is 6.48. The van der Waals surface area contributed by atoms with Crippen molar-refractivity contribution in [1.82, 2.24) is 29.9 Å². The Morgan fingerprint density at radius 2 is 1.74 bits per heavy atom. The van der Waals surface area contributed by atoms with Crippen LogP contribution < -0.4 is 15.0 Å². The van der Waals surface area contributed by atoms with Crippen LogP contribution in [-0.2, 0) is 30.8 Å². The van der Waals surface area contributed by atoms with Gasteiger partial charge in [0.1, 0.15) is 11.4 Å². The number of benzene rings is 1. The Labute approximate surface area is 271 Å². The van der Waals surface area contributed by atoms with Crippen LogP contribution in [-0.4, -0.2) is 55.4 Å². The Morgan fingerprint density at radius 1 is 1.02 bits per heavy atom. The van der Waals surface area contributed by atoms with Crippen molar-refractivity contribution in [2.45, 2.75) is 110 Å². The van der Waals surface area contributed by atoms with Crippen molar-refractivity contribution in [3.63, 3.8) is 0 Å². The van der Waals surface area contributed by atoms with Crippen LogP contribution in [0, 0.1) is 19.3 Å². The van der Waals surface area contributed by atoms with Gasteiger partial charge in [-0.25, -0.2) is 14.5 Å². The number of pyridine rings is 1. The molecule has 0 spiro atoms. The minimum atomic E-state index is -0.484. The fourth-order valence-electron chi connectivity index (χ4n) is 7.96. The number of amides is 1. The Hall–Kier alpha value is -4.08. The number of ether oxygens (including phenoxy) is 2. The van der Waals surface area contributed by atoms with E-state index in [9.17, 15) is 4.79 Å². The number of nitrogens with one attached hydrogen (secondary N) is 1. The van der Waals surface area contributed by atoms with Crippen molar-refractivity contribution >= 4 is 22.8 Å². The lowest BCUT2D eigenvalue weighted by molar-refractivity contribution is -0.00519.